The van der Waals surface area contributed by atoms with Crippen molar-refractivity contribution < 1.29 is 4.39 Å². The van der Waals surface area contributed by atoms with Crippen molar-refractivity contribution in [3.63, 3.8) is 0 Å². The summed E-state index contributed by atoms with van der Waals surface area (Å²) in [5.74, 6) is -0.500. The standard InChI is InChI=1S/C9H5FN4S2/c10-6-3-5(4-11)1-2-7(6)12-8-13-14-9(15)16-8/h1-3H,(H,12,13)(H,14,15). The number of hydrogen-bond donors (Lipinski definition) is 2. The van der Waals surface area contributed by atoms with E-state index in [1.807, 2.05) is 6.07 Å². The summed E-state index contributed by atoms with van der Waals surface area (Å²) >= 11 is 6.05. The number of H-pyrrole nitrogens is 1. The second-order valence-electron chi connectivity index (χ2n) is 2.85. The van der Waals surface area contributed by atoms with Gasteiger partial charge in [0.2, 0.25) is 5.13 Å². The van der Waals surface area contributed by atoms with Gasteiger partial charge in [0.1, 0.15) is 5.82 Å². The van der Waals surface area contributed by atoms with Gasteiger partial charge in [-0.25, -0.2) is 4.39 Å². The molecule has 0 aliphatic carbocycles. The smallest absolute Gasteiger partial charge is 0.208 e. The summed E-state index contributed by atoms with van der Waals surface area (Å²) in [5.41, 5.74) is 0.537. The minimum atomic E-state index is -0.500. The van der Waals surface area contributed by atoms with Crippen LogP contribution in [0.3, 0.4) is 0 Å². The normalized spacial score (nSPS) is 9.75. The van der Waals surface area contributed by atoms with Crippen molar-refractivity contribution in [1.29, 1.82) is 5.26 Å². The van der Waals surface area contributed by atoms with Gasteiger partial charge in [-0.2, -0.15) is 5.26 Å². The zero-order valence-corrected chi connectivity index (χ0v) is 9.45. The molecule has 7 heteroatoms. The fraction of sp³-hybridized carbons (Fsp3) is 0. The number of nitrogens with zero attached hydrogens (tertiary/aromatic N) is 2. The van der Waals surface area contributed by atoms with Crippen LogP contribution in [0, 0.1) is 21.1 Å². The van der Waals surface area contributed by atoms with Crippen molar-refractivity contribution in [2.75, 3.05) is 5.32 Å². The lowest BCUT2D eigenvalue weighted by Crippen LogP contribution is -1.93. The molecule has 2 rings (SSSR count). The number of anilines is 2. The molecule has 0 aliphatic heterocycles. The Morgan fingerprint density at radius 2 is 2.38 bits per heavy atom. The molecule has 0 saturated heterocycles. The van der Waals surface area contributed by atoms with Gasteiger partial charge < -0.3 is 5.32 Å². The third-order valence-corrected chi connectivity index (χ3v) is 2.78. The Balaban J connectivity index is 2.29. The van der Waals surface area contributed by atoms with Crippen LogP contribution in [0.15, 0.2) is 18.2 Å². The van der Waals surface area contributed by atoms with Gasteiger partial charge in [-0.05, 0) is 30.4 Å². The Morgan fingerprint density at radius 3 is 2.94 bits per heavy atom. The zero-order valence-electron chi connectivity index (χ0n) is 7.82. The van der Waals surface area contributed by atoms with Gasteiger partial charge in [0.05, 0.1) is 17.3 Å². The SMILES string of the molecule is N#Cc1ccc(Nc2n[nH]c(=S)s2)c(F)c1. The summed E-state index contributed by atoms with van der Waals surface area (Å²) in [7, 11) is 0. The molecule has 2 N–H and O–H groups in total. The average molecular weight is 252 g/mol. The van der Waals surface area contributed by atoms with Crippen LogP contribution < -0.4 is 5.32 Å². The maximum Gasteiger partial charge on any atom is 0.208 e. The lowest BCUT2D eigenvalue weighted by molar-refractivity contribution is 0.631. The van der Waals surface area contributed by atoms with E-state index in [4.69, 9.17) is 17.5 Å². The van der Waals surface area contributed by atoms with Crippen LogP contribution in [0.5, 0.6) is 0 Å². The average Bonchev–Trinajstić information content (AvgIpc) is 2.67. The first-order valence-corrected chi connectivity index (χ1v) is 5.43. The molecule has 0 radical (unpaired) electrons. The van der Waals surface area contributed by atoms with Crippen LogP contribution in [0.25, 0.3) is 0 Å². The third-order valence-electron chi connectivity index (χ3n) is 1.78. The molecule has 0 fully saturated rings. The fourth-order valence-corrected chi connectivity index (χ4v) is 1.89. The summed E-state index contributed by atoms with van der Waals surface area (Å²) in [6, 6.07) is 6.03. The number of aromatic amines is 1. The van der Waals surface area contributed by atoms with Gasteiger partial charge >= 0.3 is 0 Å². The third kappa shape index (κ3) is 2.24. The van der Waals surface area contributed by atoms with E-state index in [9.17, 15) is 4.39 Å². The van der Waals surface area contributed by atoms with Crippen molar-refractivity contribution in [2.24, 2.45) is 0 Å². The first kappa shape index (κ1) is 10.7. The second-order valence-corrected chi connectivity index (χ2v) is 4.52. The molecule has 80 valence electrons. The highest BCUT2D eigenvalue weighted by molar-refractivity contribution is 7.73. The number of halogens is 1. The molecule has 1 aromatic heterocycles. The molecule has 1 heterocycles. The van der Waals surface area contributed by atoms with E-state index >= 15 is 0 Å². The Morgan fingerprint density at radius 1 is 1.56 bits per heavy atom. The molecule has 1 aromatic carbocycles. The summed E-state index contributed by atoms with van der Waals surface area (Å²) in [5, 5.41) is 18.2. The van der Waals surface area contributed by atoms with Crippen LogP contribution >= 0.6 is 23.6 Å². The maximum absolute atomic E-state index is 13.5. The van der Waals surface area contributed by atoms with E-state index < -0.39 is 5.82 Å². The van der Waals surface area contributed by atoms with Gasteiger partial charge in [-0.3, -0.25) is 5.10 Å². The number of rotatable bonds is 2. The number of nitrogens with one attached hydrogen (secondary N) is 2. The second kappa shape index (κ2) is 4.38. The van der Waals surface area contributed by atoms with E-state index in [2.05, 4.69) is 15.5 Å². The van der Waals surface area contributed by atoms with Gasteiger partial charge in [0, 0.05) is 0 Å². The first-order chi connectivity index (χ1) is 7.69. The van der Waals surface area contributed by atoms with Crippen molar-refractivity contribution >= 4 is 34.4 Å². The van der Waals surface area contributed by atoms with Gasteiger partial charge in [0.15, 0.2) is 3.95 Å². The minimum absolute atomic E-state index is 0.261. The number of hydrogen-bond acceptors (Lipinski definition) is 5. The number of benzene rings is 1. The minimum Gasteiger partial charge on any atom is -0.328 e. The Labute approximate surface area is 99.4 Å². The fourth-order valence-electron chi connectivity index (χ4n) is 1.08. The molecule has 2 aromatic rings. The summed E-state index contributed by atoms with van der Waals surface area (Å²) in [6.07, 6.45) is 0. The summed E-state index contributed by atoms with van der Waals surface area (Å²) < 4.78 is 14.0. The molecule has 0 saturated carbocycles. The molecule has 0 atom stereocenters. The van der Waals surface area contributed by atoms with Crippen LogP contribution in [-0.2, 0) is 0 Å². The molecule has 0 amide bonds. The van der Waals surface area contributed by atoms with E-state index in [1.165, 1.54) is 23.5 Å². The van der Waals surface area contributed by atoms with Gasteiger partial charge in [-0.1, -0.05) is 11.3 Å². The molecule has 0 bridgehead atoms. The number of nitriles is 1. The van der Waals surface area contributed by atoms with Crippen LogP contribution in [0.1, 0.15) is 5.56 Å². The highest BCUT2D eigenvalue weighted by Gasteiger charge is 2.05. The first-order valence-electron chi connectivity index (χ1n) is 4.21. The Kier molecular flexibility index (Phi) is 2.94. The molecule has 0 unspecified atom stereocenters. The van der Waals surface area contributed by atoms with E-state index in [0.717, 1.165) is 6.07 Å². The van der Waals surface area contributed by atoms with E-state index in [1.54, 1.807) is 0 Å². The lowest BCUT2D eigenvalue weighted by Gasteiger charge is -2.02. The summed E-state index contributed by atoms with van der Waals surface area (Å²) in [6.45, 7) is 0. The van der Waals surface area contributed by atoms with Crippen LogP contribution in [0.4, 0.5) is 15.2 Å². The topological polar surface area (TPSA) is 64.5 Å². The highest BCUT2D eigenvalue weighted by Crippen LogP contribution is 2.22. The molecular weight excluding hydrogens is 247 g/mol. The van der Waals surface area contributed by atoms with E-state index in [-0.39, 0.29) is 11.3 Å². The quantitative estimate of drug-likeness (QED) is 0.806. The van der Waals surface area contributed by atoms with E-state index in [0.29, 0.717) is 9.09 Å². The van der Waals surface area contributed by atoms with Gasteiger partial charge in [-0.15, -0.1) is 5.10 Å². The maximum atomic E-state index is 13.5. The lowest BCUT2D eigenvalue weighted by atomic mass is 10.2. The highest BCUT2D eigenvalue weighted by atomic mass is 32.1. The molecule has 0 spiro atoms. The zero-order chi connectivity index (χ0) is 11.5. The molecule has 4 nitrogen and oxygen atoms in total. The van der Waals surface area contributed by atoms with Crippen molar-refractivity contribution in [2.45, 2.75) is 0 Å². The molecule has 0 aliphatic rings. The van der Waals surface area contributed by atoms with Gasteiger partial charge in [0.25, 0.3) is 0 Å². The molecular formula is C9H5FN4S2. The predicted molar refractivity (Wildman–Crippen MR) is 61.7 cm³/mol. The predicted octanol–water partition coefficient (Wildman–Crippen LogP) is 2.96. The largest absolute Gasteiger partial charge is 0.328 e. The summed E-state index contributed by atoms with van der Waals surface area (Å²) in [4.78, 5) is 0. The van der Waals surface area contributed by atoms with Crippen LogP contribution in [0.2, 0.25) is 0 Å². The van der Waals surface area contributed by atoms with Crippen molar-refractivity contribution in [3.05, 3.63) is 33.5 Å². The van der Waals surface area contributed by atoms with Crippen molar-refractivity contribution in [3.8, 4) is 6.07 Å². The molecule has 16 heavy (non-hydrogen) atoms. The van der Waals surface area contributed by atoms with Crippen molar-refractivity contribution in [1.82, 2.24) is 10.2 Å². The Bertz CT molecular complexity index is 610. The monoisotopic (exact) mass is 252 g/mol. The van der Waals surface area contributed by atoms with Crippen LogP contribution in [-0.4, -0.2) is 10.2 Å². The Hall–Kier alpha value is -1.78. The number of aromatic nitrogens is 2.